The van der Waals surface area contributed by atoms with E-state index < -0.39 is 18.6 Å². The molecule has 180 valence electrons. The predicted molar refractivity (Wildman–Crippen MR) is 153 cm³/mol. The van der Waals surface area contributed by atoms with Gasteiger partial charge in [-0.2, -0.15) is 5.26 Å². The monoisotopic (exact) mass is 485 g/mol. The first-order chi connectivity index (χ1) is 19.8. The molecule has 4 aromatic carbocycles. The van der Waals surface area contributed by atoms with E-state index in [1.54, 1.807) is 32.9 Å². The summed E-state index contributed by atoms with van der Waals surface area (Å²) in [4.78, 5) is 4.50. The first-order valence-electron chi connectivity index (χ1n) is 14.7. The Morgan fingerprint density at radius 2 is 1.73 bits per heavy atom. The third-order valence-electron chi connectivity index (χ3n) is 6.52. The summed E-state index contributed by atoms with van der Waals surface area (Å²) in [6.07, 6.45) is -0.696. The molecule has 0 fully saturated rings. The van der Waals surface area contributed by atoms with E-state index in [4.69, 9.17) is 11.3 Å². The van der Waals surface area contributed by atoms with E-state index in [1.807, 2.05) is 60.7 Å². The lowest BCUT2D eigenvalue weighted by Crippen LogP contribution is -2.10. The number of pyridine rings is 1. The van der Waals surface area contributed by atoms with Crippen LogP contribution < -0.4 is 0 Å². The van der Waals surface area contributed by atoms with Crippen molar-refractivity contribution >= 4 is 32.7 Å². The third kappa shape index (κ3) is 4.05. The molecule has 0 amide bonds. The fourth-order valence-corrected chi connectivity index (χ4v) is 4.90. The van der Waals surface area contributed by atoms with Crippen molar-refractivity contribution in [1.82, 2.24) is 4.98 Å². The minimum atomic E-state index is -2.53. The molecule has 0 N–H and O–H groups in total. The lowest BCUT2D eigenvalue weighted by Gasteiger charge is -2.20. The van der Waals surface area contributed by atoms with E-state index in [1.165, 1.54) is 6.20 Å². The van der Waals surface area contributed by atoms with E-state index >= 15 is 0 Å². The second-order valence-corrected chi connectivity index (χ2v) is 10.3. The van der Waals surface area contributed by atoms with Gasteiger partial charge in [-0.3, -0.25) is 4.98 Å². The number of para-hydroxylation sites is 1. The van der Waals surface area contributed by atoms with Crippen LogP contribution in [0, 0.1) is 23.6 Å². The van der Waals surface area contributed by atoms with Crippen molar-refractivity contribution in [2.45, 2.75) is 34.0 Å². The summed E-state index contributed by atoms with van der Waals surface area (Å²) in [5, 5.41) is 13.8. The average Bonchev–Trinajstić information content (AvgIpc) is 3.34. The van der Waals surface area contributed by atoms with Crippen LogP contribution in [0.4, 0.5) is 0 Å². The molecule has 3 nitrogen and oxygen atoms in total. The second kappa shape index (κ2) is 8.61. The molecule has 6 rings (SSSR count). The second-order valence-electron chi connectivity index (χ2n) is 10.3. The Labute approximate surface area is 224 Å². The van der Waals surface area contributed by atoms with Gasteiger partial charge in [-0.25, -0.2) is 0 Å². The number of nitrogens with zero attached hydrogens (tertiary/aromatic N) is 2. The van der Waals surface area contributed by atoms with Gasteiger partial charge in [-0.1, -0.05) is 69.3 Å². The molecule has 3 heteroatoms. The van der Waals surface area contributed by atoms with Gasteiger partial charge in [0.05, 0.1) is 17.3 Å². The average molecular weight is 486 g/mol. The summed E-state index contributed by atoms with van der Waals surface area (Å²) >= 11 is 0. The van der Waals surface area contributed by atoms with Crippen molar-refractivity contribution in [2.75, 3.05) is 0 Å². The molecule has 0 saturated carbocycles. The molecule has 0 radical (unpaired) electrons. The molecule has 2 aromatic heterocycles. The molecule has 0 saturated heterocycles. The number of furan rings is 1. The van der Waals surface area contributed by atoms with Gasteiger partial charge in [0.15, 0.2) is 0 Å². The Hall–Kier alpha value is -4.42. The van der Waals surface area contributed by atoms with Gasteiger partial charge in [0.2, 0.25) is 0 Å². The fourth-order valence-electron chi connectivity index (χ4n) is 4.90. The van der Waals surface area contributed by atoms with Crippen molar-refractivity contribution in [1.29, 1.82) is 5.26 Å². The zero-order valence-corrected chi connectivity index (χ0v) is 20.9. The minimum Gasteiger partial charge on any atom is -0.455 e. The zero-order chi connectivity index (χ0) is 30.0. The Kier molecular flexibility index (Phi) is 4.17. The highest BCUT2D eigenvalue weighted by molar-refractivity contribution is 6.14. The van der Waals surface area contributed by atoms with Crippen LogP contribution in [0.3, 0.4) is 0 Å². The van der Waals surface area contributed by atoms with E-state index in [-0.39, 0.29) is 11.1 Å². The van der Waals surface area contributed by atoms with E-state index in [0.717, 1.165) is 27.1 Å². The molecule has 0 atom stereocenters. The maximum Gasteiger partial charge on any atom is 0.144 e. The van der Waals surface area contributed by atoms with Gasteiger partial charge < -0.3 is 4.42 Å². The van der Waals surface area contributed by atoms with Crippen LogP contribution in [0.25, 0.3) is 55.1 Å². The number of fused-ring (bicyclic) bond motifs is 4. The van der Waals surface area contributed by atoms with Crippen LogP contribution in [0.5, 0.6) is 0 Å². The summed E-state index contributed by atoms with van der Waals surface area (Å²) in [7, 11) is 0. The molecule has 6 aromatic rings. The molecule has 0 aliphatic carbocycles. The summed E-state index contributed by atoms with van der Waals surface area (Å²) in [6, 6.07) is 27.3. The maximum atomic E-state index is 10.0. The van der Waals surface area contributed by atoms with Gasteiger partial charge in [-0.05, 0) is 76.4 Å². The van der Waals surface area contributed by atoms with Crippen molar-refractivity contribution in [3.05, 3.63) is 102 Å². The summed E-state index contributed by atoms with van der Waals surface area (Å²) < 4.78 is 48.6. The predicted octanol–water partition coefficient (Wildman–Crippen LogP) is 9.24. The zero-order valence-electron chi connectivity index (χ0n) is 25.9. The van der Waals surface area contributed by atoms with Gasteiger partial charge in [0.1, 0.15) is 11.2 Å². The number of rotatable bonds is 3. The fraction of sp³-hybridized carbons (Fsp3) is 0.176. The molecule has 2 heterocycles. The Balaban J connectivity index is 1.62. The van der Waals surface area contributed by atoms with Gasteiger partial charge in [0, 0.05) is 34.9 Å². The van der Waals surface area contributed by atoms with Crippen LogP contribution >= 0.6 is 0 Å². The van der Waals surface area contributed by atoms with Crippen LogP contribution in [0.2, 0.25) is 0 Å². The van der Waals surface area contributed by atoms with Gasteiger partial charge in [-0.15, -0.1) is 0 Å². The van der Waals surface area contributed by atoms with Crippen molar-refractivity contribution < 1.29 is 11.3 Å². The number of nitriles is 1. The van der Waals surface area contributed by atoms with E-state index in [0.29, 0.717) is 33.6 Å². The molecular weight excluding hydrogens is 452 g/mol. The summed E-state index contributed by atoms with van der Waals surface area (Å²) in [6.45, 7) is 2.71. The van der Waals surface area contributed by atoms with Crippen LogP contribution in [0.15, 0.2) is 89.5 Å². The Morgan fingerprint density at radius 3 is 2.51 bits per heavy atom. The Morgan fingerprint density at radius 1 is 0.919 bits per heavy atom. The number of hydrogen-bond acceptors (Lipinski definition) is 3. The highest BCUT2D eigenvalue weighted by Crippen LogP contribution is 2.41. The van der Waals surface area contributed by atoms with Gasteiger partial charge in [0.25, 0.3) is 0 Å². The SMILES string of the molecule is [2H]C([2H])([2H])c1cnc(-c2cccc3c2oc2c(-c4ccc5ccccc5c4)c(C#N)ccc23)cc1C([2H])([2H])C(C)(C)C. The number of hydrogen-bond donors (Lipinski definition) is 0. The quantitative estimate of drug-likeness (QED) is 0.251. The van der Waals surface area contributed by atoms with Crippen LogP contribution in [-0.2, 0) is 6.37 Å². The number of aryl methyl sites for hydroxylation is 1. The lowest BCUT2D eigenvalue weighted by molar-refractivity contribution is 0.410. The standard InChI is InChI=1S/C34H28N2O/c1-21-20-36-30(17-26(21)18-34(2,3)4)29-11-7-10-27-28-15-14-25(19-35)31(33(28)37-32(27)29)24-13-12-22-8-5-6-9-23(22)16-24/h5-17,20H,18H2,1-4H3/i1D3,18D2. The molecular formula is C34H28N2O. The van der Waals surface area contributed by atoms with Crippen LogP contribution in [-0.4, -0.2) is 4.98 Å². The smallest absolute Gasteiger partial charge is 0.144 e. The highest BCUT2D eigenvalue weighted by Gasteiger charge is 2.20. The third-order valence-corrected chi connectivity index (χ3v) is 6.52. The largest absolute Gasteiger partial charge is 0.455 e. The van der Waals surface area contributed by atoms with E-state index in [2.05, 4.69) is 17.1 Å². The summed E-state index contributed by atoms with van der Waals surface area (Å²) in [5.41, 5.74) is 3.24. The molecule has 0 spiro atoms. The Bertz CT molecular complexity index is 2060. The van der Waals surface area contributed by atoms with Crippen molar-refractivity contribution in [3.8, 4) is 28.5 Å². The normalized spacial score (nSPS) is 14.6. The number of benzene rings is 4. The molecule has 37 heavy (non-hydrogen) atoms. The highest BCUT2D eigenvalue weighted by atomic mass is 16.3. The van der Waals surface area contributed by atoms with Crippen molar-refractivity contribution in [3.63, 3.8) is 0 Å². The first-order valence-corrected chi connectivity index (χ1v) is 12.2. The van der Waals surface area contributed by atoms with Crippen molar-refractivity contribution in [2.24, 2.45) is 5.41 Å². The van der Waals surface area contributed by atoms with E-state index in [9.17, 15) is 5.26 Å². The molecule has 0 aliphatic heterocycles. The molecule has 0 bridgehead atoms. The summed E-state index contributed by atoms with van der Waals surface area (Å²) in [5.74, 6) is 0. The maximum absolute atomic E-state index is 10.0. The van der Waals surface area contributed by atoms with Gasteiger partial charge >= 0.3 is 0 Å². The first kappa shape index (κ1) is 17.9. The molecule has 0 aliphatic rings. The minimum absolute atomic E-state index is 0.0803. The lowest BCUT2D eigenvalue weighted by atomic mass is 9.86. The number of aromatic nitrogens is 1. The van der Waals surface area contributed by atoms with Crippen LogP contribution in [0.1, 0.15) is 44.3 Å². The topological polar surface area (TPSA) is 49.8 Å². The molecule has 0 unspecified atom stereocenters.